The third kappa shape index (κ3) is 4.08. The highest BCUT2D eigenvalue weighted by molar-refractivity contribution is 9.10. The summed E-state index contributed by atoms with van der Waals surface area (Å²) in [6.07, 6.45) is 2.05. The summed E-state index contributed by atoms with van der Waals surface area (Å²) in [6, 6.07) is 10.6. The molecule has 1 aromatic heterocycles. The lowest BCUT2D eigenvalue weighted by Crippen LogP contribution is -2.23. The molecule has 0 bridgehead atoms. The molecule has 1 nitrogen and oxygen atoms in total. The van der Waals surface area contributed by atoms with E-state index < -0.39 is 0 Å². The Morgan fingerprint density at radius 2 is 2.10 bits per heavy atom. The standard InChI is InChI=1S/C16H19BrClNS/c1-3-8-19-15(16-10-13(17)11(2)20-16)9-12-6-4-5-7-14(12)18/h4-7,10,15,19H,3,8-9H2,1-2H3. The Bertz CT molecular complexity index is 548. The fraction of sp³-hybridized carbons (Fsp3) is 0.375. The van der Waals surface area contributed by atoms with Crippen LogP contribution in [-0.2, 0) is 6.42 Å². The maximum atomic E-state index is 6.29. The molecule has 4 heteroatoms. The molecule has 2 rings (SSSR count). The molecule has 0 aliphatic carbocycles. The fourth-order valence-corrected chi connectivity index (χ4v) is 3.98. The van der Waals surface area contributed by atoms with Gasteiger partial charge in [0.1, 0.15) is 0 Å². The lowest BCUT2D eigenvalue weighted by atomic mass is 10.0. The first-order chi connectivity index (χ1) is 9.61. The molecule has 2 aromatic rings. The molecule has 1 heterocycles. The van der Waals surface area contributed by atoms with Gasteiger partial charge >= 0.3 is 0 Å². The summed E-state index contributed by atoms with van der Waals surface area (Å²) >= 11 is 11.7. The molecule has 0 fully saturated rings. The van der Waals surface area contributed by atoms with Crippen molar-refractivity contribution in [1.29, 1.82) is 0 Å². The van der Waals surface area contributed by atoms with E-state index in [9.17, 15) is 0 Å². The van der Waals surface area contributed by atoms with Gasteiger partial charge in [0, 0.05) is 25.3 Å². The molecule has 1 unspecified atom stereocenters. The Morgan fingerprint density at radius 3 is 2.70 bits per heavy atom. The molecule has 0 amide bonds. The van der Waals surface area contributed by atoms with Gasteiger partial charge in [0.15, 0.2) is 0 Å². The Balaban J connectivity index is 2.21. The van der Waals surface area contributed by atoms with Crippen molar-refractivity contribution >= 4 is 38.9 Å². The Hall–Kier alpha value is -0.350. The molecule has 0 saturated carbocycles. The Labute approximate surface area is 138 Å². The number of hydrogen-bond donors (Lipinski definition) is 1. The lowest BCUT2D eigenvalue weighted by molar-refractivity contribution is 0.536. The number of hydrogen-bond acceptors (Lipinski definition) is 2. The van der Waals surface area contributed by atoms with Crippen LogP contribution in [0.25, 0.3) is 0 Å². The summed E-state index contributed by atoms with van der Waals surface area (Å²) < 4.78 is 1.19. The van der Waals surface area contributed by atoms with Crippen LogP contribution in [0.4, 0.5) is 0 Å². The van der Waals surface area contributed by atoms with E-state index in [0.717, 1.165) is 24.4 Å². The van der Waals surface area contributed by atoms with Crippen LogP contribution in [0.1, 0.15) is 34.7 Å². The molecule has 1 N–H and O–H groups in total. The van der Waals surface area contributed by atoms with Gasteiger partial charge in [-0.1, -0.05) is 36.7 Å². The summed E-state index contributed by atoms with van der Waals surface area (Å²) in [4.78, 5) is 2.69. The highest BCUT2D eigenvalue weighted by Gasteiger charge is 2.16. The third-order valence-corrected chi connectivity index (χ3v) is 5.86. The number of halogens is 2. The van der Waals surface area contributed by atoms with Gasteiger partial charge in [0.2, 0.25) is 0 Å². The summed E-state index contributed by atoms with van der Waals surface area (Å²) in [5.41, 5.74) is 1.20. The smallest absolute Gasteiger partial charge is 0.0456 e. The molecule has 1 atom stereocenters. The largest absolute Gasteiger partial charge is 0.309 e. The molecule has 20 heavy (non-hydrogen) atoms. The predicted octanol–water partition coefficient (Wildman–Crippen LogP) is 5.76. The highest BCUT2D eigenvalue weighted by Crippen LogP contribution is 2.33. The van der Waals surface area contributed by atoms with Crippen molar-refractivity contribution in [3.8, 4) is 0 Å². The van der Waals surface area contributed by atoms with E-state index in [4.69, 9.17) is 11.6 Å². The zero-order chi connectivity index (χ0) is 14.5. The van der Waals surface area contributed by atoms with E-state index >= 15 is 0 Å². The van der Waals surface area contributed by atoms with E-state index in [1.807, 2.05) is 29.5 Å². The van der Waals surface area contributed by atoms with Crippen LogP contribution < -0.4 is 5.32 Å². The van der Waals surface area contributed by atoms with Crippen molar-refractivity contribution in [3.63, 3.8) is 0 Å². The quantitative estimate of drug-likeness (QED) is 0.680. The van der Waals surface area contributed by atoms with Crippen LogP contribution in [0, 0.1) is 6.92 Å². The minimum absolute atomic E-state index is 0.324. The van der Waals surface area contributed by atoms with Crippen LogP contribution in [0.5, 0.6) is 0 Å². The van der Waals surface area contributed by atoms with Crippen molar-refractivity contribution < 1.29 is 0 Å². The van der Waals surface area contributed by atoms with E-state index in [1.54, 1.807) is 0 Å². The summed E-state index contributed by atoms with van der Waals surface area (Å²) in [5, 5.41) is 4.48. The number of benzene rings is 1. The maximum absolute atomic E-state index is 6.29. The fourth-order valence-electron chi connectivity index (χ4n) is 2.13. The number of rotatable bonds is 6. The Kier molecular flexibility index (Phi) is 6.09. The first-order valence-electron chi connectivity index (χ1n) is 6.84. The zero-order valence-corrected chi connectivity index (χ0v) is 14.9. The molecule has 0 aliphatic heterocycles. The number of aryl methyl sites for hydroxylation is 1. The van der Waals surface area contributed by atoms with Crippen molar-refractivity contribution in [2.75, 3.05) is 6.54 Å². The average Bonchev–Trinajstić information content (AvgIpc) is 2.76. The summed E-state index contributed by atoms with van der Waals surface area (Å²) in [6.45, 7) is 5.35. The molecular weight excluding hydrogens is 354 g/mol. The van der Waals surface area contributed by atoms with Crippen LogP contribution in [0.2, 0.25) is 5.02 Å². The van der Waals surface area contributed by atoms with Gasteiger partial charge in [-0.05, 0) is 59.9 Å². The molecule has 108 valence electrons. The van der Waals surface area contributed by atoms with Gasteiger partial charge in [-0.2, -0.15) is 0 Å². The van der Waals surface area contributed by atoms with E-state index in [1.165, 1.54) is 19.8 Å². The van der Waals surface area contributed by atoms with Gasteiger partial charge in [-0.3, -0.25) is 0 Å². The monoisotopic (exact) mass is 371 g/mol. The highest BCUT2D eigenvalue weighted by atomic mass is 79.9. The Morgan fingerprint density at radius 1 is 1.35 bits per heavy atom. The van der Waals surface area contributed by atoms with Crippen LogP contribution in [-0.4, -0.2) is 6.54 Å². The number of nitrogens with one attached hydrogen (secondary N) is 1. The second-order valence-electron chi connectivity index (χ2n) is 4.86. The van der Waals surface area contributed by atoms with Gasteiger partial charge < -0.3 is 5.32 Å². The second-order valence-corrected chi connectivity index (χ2v) is 7.40. The second kappa shape index (κ2) is 7.60. The van der Waals surface area contributed by atoms with Crippen LogP contribution in [0.3, 0.4) is 0 Å². The molecule has 0 saturated heterocycles. The van der Waals surface area contributed by atoms with Crippen LogP contribution >= 0.6 is 38.9 Å². The predicted molar refractivity (Wildman–Crippen MR) is 92.9 cm³/mol. The average molecular weight is 373 g/mol. The van der Waals surface area contributed by atoms with Gasteiger partial charge in [0.05, 0.1) is 0 Å². The van der Waals surface area contributed by atoms with E-state index in [2.05, 4.69) is 47.2 Å². The van der Waals surface area contributed by atoms with Gasteiger partial charge in [-0.25, -0.2) is 0 Å². The molecule has 0 aliphatic rings. The topological polar surface area (TPSA) is 12.0 Å². The maximum Gasteiger partial charge on any atom is 0.0456 e. The summed E-state index contributed by atoms with van der Waals surface area (Å²) in [7, 11) is 0. The van der Waals surface area contributed by atoms with Crippen molar-refractivity contribution in [3.05, 3.63) is 55.1 Å². The molecule has 0 radical (unpaired) electrons. The van der Waals surface area contributed by atoms with E-state index in [-0.39, 0.29) is 0 Å². The minimum Gasteiger partial charge on any atom is -0.309 e. The summed E-state index contributed by atoms with van der Waals surface area (Å²) in [5.74, 6) is 0. The molecule has 1 aromatic carbocycles. The van der Waals surface area contributed by atoms with Crippen molar-refractivity contribution in [1.82, 2.24) is 5.32 Å². The lowest BCUT2D eigenvalue weighted by Gasteiger charge is -2.18. The SMILES string of the molecule is CCCNC(Cc1ccccc1Cl)c1cc(Br)c(C)s1. The molecular formula is C16H19BrClNS. The minimum atomic E-state index is 0.324. The first-order valence-corrected chi connectivity index (χ1v) is 8.83. The van der Waals surface area contributed by atoms with E-state index in [0.29, 0.717) is 6.04 Å². The van der Waals surface area contributed by atoms with Crippen LogP contribution in [0.15, 0.2) is 34.8 Å². The molecule has 0 spiro atoms. The normalized spacial score (nSPS) is 12.6. The third-order valence-electron chi connectivity index (χ3n) is 3.24. The first kappa shape index (κ1) is 16.0. The van der Waals surface area contributed by atoms with Gasteiger partial charge in [-0.15, -0.1) is 11.3 Å². The van der Waals surface area contributed by atoms with Crippen molar-refractivity contribution in [2.45, 2.75) is 32.7 Å². The number of thiophene rings is 1. The van der Waals surface area contributed by atoms with Crippen molar-refractivity contribution in [2.24, 2.45) is 0 Å². The zero-order valence-electron chi connectivity index (χ0n) is 11.7. The van der Waals surface area contributed by atoms with Gasteiger partial charge in [0.25, 0.3) is 0 Å².